The van der Waals surface area contributed by atoms with Gasteiger partial charge in [0.15, 0.2) is 5.75 Å². The van der Waals surface area contributed by atoms with Crippen molar-refractivity contribution in [3.63, 3.8) is 0 Å². The quantitative estimate of drug-likeness (QED) is 0.0916. The van der Waals surface area contributed by atoms with Crippen LogP contribution in [0.2, 0.25) is 16.6 Å². The zero-order valence-corrected chi connectivity index (χ0v) is 37.1. The molecule has 0 aromatic heterocycles. The average Bonchev–Trinajstić information content (AvgIpc) is 3.56. The first-order valence-corrected chi connectivity index (χ1v) is 21.9. The Bertz CT molecular complexity index is 1820. The molecule has 3 rings (SSSR count). The molecule has 3 atom stereocenters. The van der Waals surface area contributed by atoms with Crippen LogP contribution in [-0.4, -0.2) is 90.8 Å². The Morgan fingerprint density at radius 2 is 1.43 bits per heavy atom. The van der Waals surface area contributed by atoms with E-state index in [1.807, 2.05) is 0 Å². The minimum absolute atomic E-state index is 0.106. The molecule has 0 unspecified atom stereocenters. The van der Waals surface area contributed by atoms with Crippen molar-refractivity contribution in [1.82, 2.24) is 15.5 Å². The fourth-order valence-corrected chi connectivity index (χ4v) is 12.7. The summed E-state index contributed by atoms with van der Waals surface area (Å²) < 4.78 is 18.4. The zero-order chi connectivity index (χ0) is 43.9. The first-order valence-electron chi connectivity index (χ1n) is 19.7. The molecule has 0 spiro atoms. The Balaban J connectivity index is 1.95. The third-order valence-electron chi connectivity index (χ3n) is 10.3. The van der Waals surface area contributed by atoms with Gasteiger partial charge < -0.3 is 45.0 Å². The molecule has 0 aliphatic carbocycles. The number of carbonyl (C=O) groups excluding carboxylic acids is 4. The molecule has 6 N–H and O–H groups in total. The molecule has 1 aliphatic heterocycles. The maximum Gasteiger partial charge on any atom is 0.412 e. The van der Waals surface area contributed by atoms with Crippen molar-refractivity contribution in [2.75, 3.05) is 24.4 Å². The maximum atomic E-state index is 14.5. The topological polar surface area (TPSA) is 205 Å². The van der Waals surface area contributed by atoms with E-state index >= 15 is 0 Å². The van der Waals surface area contributed by atoms with Crippen LogP contribution in [0.1, 0.15) is 105 Å². The number of amides is 5. The Labute approximate surface area is 343 Å². The lowest BCUT2D eigenvalue weighted by Gasteiger charge is -2.42. The highest BCUT2D eigenvalue weighted by Crippen LogP contribution is 2.46. The van der Waals surface area contributed by atoms with E-state index in [4.69, 9.17) is 19.0 Å². The smallest absolute Gasteiger partial charge is 0.412 e. The highest BCUT2D eigenvalue weighted by atomic mass is 28.4. The molecule has 5 amide bonds. The zero-order valence-electron chi connectivity index (χ0n) is 36.1. The number of aliphatic hydroxyl groups excluding tert-OH is 1. The fraction of sp³-hybridized carbons (Fsp3) is 0.548. The Kier molecular flexibility index (Phi) is 16.0. The lowest BCUT2D eigenvalue weighted by atomic mass is 10.0. The Morgan fingerprint density at radius 3 is 1.91 bits per heavy atom. The number of hydrogen-bond donors (Lipinski definition) is 6. The Hall–Kier alpha value is -5.09. The van der Waals surface area contributed by atoms with E-state index in [1.54, 1.807) is 77.2 Å². The van der Waals surface area contributed by atoms with Gasteiger partial charge in [-0.05, 0) is 86.0 Å². The SMILES string of the molecule is COc1cc(C(=O)N2C=C(c3ccc(NC(=O)[C@H](C)NC(=O)[C@@H](NC(=O)O)C(C)C)cc3)C[C@H]2CO)c(NC(=O)OC(C)(C)C)cc1O[Si](C(C)C)(C(C)C)C(C)C. The number of anilines is 2. The number of methoxy groups -OCH3 is 1. The minimum Gasteiger partial charge on any atom is -0.540 e. The highest BCUT2D eigenvalue weighted by Gasteiger charge is 2.47. The maximum absolute atomic E-state index is 14.5. The van der Waals surface area contributed by atoms with Gasteiger partial charge in [-0.3, -0.25) is 19.7 Å². The molecule has 16 heteroatoms. The van der Waals surface area contributed by atoms with Crippen LogP contribution in [0.15, 0.2) is 42.6 Å². The number of carbonyl (C=O) groups is 5. The van der Waals surface area contributed by atoms with Crippen LogP contribution in [0, 0.1) is 5.92 Å². The number of hydrogen-bond acceptors (Lipinski definition) is 9. The number of benzene rings is 2. The third kappa shape index (κ3) is 11.5. The summed E-state index contributed by atoms with van der Waals surface area (Å²) in [6.07, 6.45) is -0.124. The molecule has 15 nitrogen and oxygen atoms in total. The van der Waals surface area contributed by atoms with Gasteiger partial charge >= 0.3 is 12.2 Å². The molecule has 2 aromatic carbocycles. The van der Waals surface area contributed by atoms with Crippen molar-refractivity contribution >= 4 is 55.2 Å². The predicted octanol–water partition coefficient (Wildman–Crippen LogP) is 7.58. The van der Waals surface area contributed by atoms with Gasteiger partial charge in [0.1, 0.15) is 23.4 Å². The second-order valence-corrected chi connectivity index (χ2v) is 22.3. The van der Waals surface area contributed by atoms with Gasteiger partial charge in [-0.2, -0.15) is 0 Å². The second-order valence-electron chi connectivity index (χ2n) is 17.0. The van der Waals surface area contributed by atoms with Gasteiger partial charge in [-0.15, -0.1) is 0 Å². The number of ether oxygens (including phenoxy) is 2. The van der Waals surface area contributed by atoms with Gasteiger partial charge in [0.05, 0.1) is 31.0 Å². The van der Waals surface area contributed by atoms with Crippen LogP contribution < -0.4 is 30.4 Å². The molecule has 0 radical (unpaired) electrons. The summed E-state index contributed by atoms with van der Waals surface area (Å²) in [7, 11) is -1.02. The van der Waals surface area contributed by atoms with E-state index in [0.29, 0.717) is 23.6 Å². The van der Waals surface area contributed by atoms with Crippen LogP contribution >= 0.6 is 0 Å². The van der Waals surface area contributed by atoms with Crippen LogP contribution in [-0.2, 0) is 14.3 Å². The Morgan fingerprint density at radius 1 is 0.845 bits per heavy atom. The molecule has 1 aliphatic rings. The number of nitrogens with one attached hydrogen (secondary N) is 4. The molecule has 0 bridgehead atoms. The van der Waals surface area contributed by atoms with Gasteiger partial charge in [0.25, 0.3) is 14.2 Å². The van der Waals surface area contributed by atoms with E-state index in [0.717, 1.165) is 11.1 Å². The lowest BCUT2D eigenvalue weighted by molar-refractivity contribution is -0.128. The third-order valence-corrected chi connectivity index (χ3v) is 16.2. The van der Waals surface area contributed by atoms with Crippen molar-refractivity contribution < 1.29 is 48.1 Å². The molecule has 0 saturated carbocycles. The van der Waals surface area contributed by atoms with Crippen molar-refractivity contribution in [1.29, 1.82) is 0 Å². The van der Waals surface area contributed by atoms with Crippen molar-refractivity contribution in [3.05, 3.63) is 53.7 Å². The molecular formula is C42H63N5O10Si. The van der Waals surface area contributed by atoms with Gasteiger partial charge in [-0.1, -0.05) is 67.5 Å². The summed E-state index contributed by atoms with van der Waals surface area (Å²) in [5.41, 5.74) is 2.06. The lowest BCUT2D eigenvalue weighted by Crippen LogP contribution is -2.53. The average molecular weight is 826 g/mol. The van der Waals surface area contributed by atoms with Crippen LogP contribution in [0.5, 0.6) is 11.5 Å². The summed E-state index contributed by atoms with van der Waals surface area (Å²) in [6.45, 7) is 22.7. The van der Waals surface area contributed by atoms with E-state index in [1.165, 1.54) is 18.9 Å². The second kappa shape index (κ2) is 19.6. The van der Waals surface area contributed by atoms with Gasteiger partial charge in [-0.25, -0.2) is 9.59 Å². The van der Waals surface area contributed by atoms with Crippen LogP contribution in [0.25, 0.3) is 5.57 Å². The summed E-state index contributed by atoms with van der Waals surface area (Å²) in [4.78, 5) is 65.8. The van der Waals surface area contributed by atoms with Crippen molar-refractivity contribution in [2.24, 2.45) is 5.92 Å². The van der Waals surface area contributed by atoms with E-state index < -0.39 is 62.0 Å². The van der Waals surface area contributed by atoms with E-state index in [-0.39, 0.29) is 40.4 Å². The number of nitrogens with zero attached hydrogens (tertiary/aromatic N) is 1. The minimum atomic E-state index is -2.51. The monoisotopic (exact) mass is 825 g/mol. The molecular weight excluding hydrogens is 763 g/mol. The molecule has 0 fully saturated rings. The fourth-order valence-electron chi connectivity index (χ4n) is 7.48. The predicted molar refractivity (Wildman–Crippen MR) is 227 cm³/mol. The highest BCUT2D eigenvalue weighted by molar-refractivity contribution is 6.78. The molecule has 1 heterocycles. The van der Waals surface area contributed by atoms with Crippen LogP contribution in [0.3, 0.4) is 0 Å². The van der Waals surface area contributed by atoms with Gasteiger partial charge in [0, 0.05) is 18.0 Å². The van der Waals surface area contributed by atoms with Crippen LogP contribution in [0.4, 0.5) is 21.0 Å². The number of carboxylic acid groups (broad SMARTS) is 1. The van der Waals surface area contributed by atoms with Gasteiger partial charge in [0.2, 0.25) is 11.8 Å². The summed E-state index contributed by atoms with van der Waals surface area (Å²) >= 11 is 0. The summed E-state index contributed by atoms with van der Waals surface area (Å²) in [5, 5.41) is 29.8. The van der Waals surface area contributed by atoms with Crippen molar-refractivity contribution in [3.8, 4) is 11.5 Å². The largest absolute Gasteiger partial charge is 0.540 e. The summed E-state index contributed by atoms with van der Waals surface area (Å²) in [6, 6.07) is 7.41. The number of aliphatic hydroxyl groups is 1. The van der Waals surface area contributed by atoms with Crippen molar-refractivity contribution in [2.45, 2.75) is 130 Å². The first-order chi connectivity index (χ1) is 26.9. The molecule has 320 valence electrons. The van der Waals surface area contributed by atoms with E-state index in [9.17, 15) is 29.1 Å². The summed E-state index contributed by atoms with van der Waals surface area (Å²) in [5.74, 6) is -1.24. The first kappa shape index (κ1) is 47.3. The number of rotatable bonds is 16. The van der Waals surface area contributed by atoms with E-state index in [2.05, 4.69) is 62.8 Å². The molecule has 2 aromatic rings. The normalized spacial score (nSPS) is 15.5. The molecule has 58 heavy (non-hydrogen) atoms. The molecule has 0 saturated heterocycles. The standard InChI is InChI=1S/C42H63N5O10Si/c1-23(2)36(46-40(52)53)38(50)43-27(9)37(49)44-30-16-14-28(15-17-30)29-18-31(22-48)47(21-29)39(51)32-19-34(55-13)35(20-33(32)45-41(54)56-42(10,11)12)57-58(24(3)4,25(5)6)26(7)8/h14-17,19-21,23-27,31,36,46,48H,18,22H2,1-13H3,(H,43,50)(H,44,49)(H,45,54)(H,52,53)/t27-,31-,36-/m0/s1.